The normalized spacial score (nSPS) is 11.4. The lowest BCUT2D eigenvalue weighted by Gasteiger charge is -2.36. The first-order valence-corrected chi connectivity index (χ1v) is 16.0. The minimum absolute atomic E-state index is 0.500. The van der Waals surface area contributed by atoms with E-state index in [1.807, 2.05) is 0 Å². The lowest BCUT2D eigenvalue weighted by molar-refractivity contribution is 0.599. The largest absolute Gasteiger partial charge is 0.0654 e. The van der Waals surface area contributed by atoms with E-state index in [9.17, 15) is 0 Å². The number of unbranched alkanes of at least 4 members (excludes halogenated alkanes) is 5. The van der Waals surface area contributed by atoms with E-state index in [1.54, 1.807) is 0 Å². The van der Waals surface area contributed by atoms with Crippen molar-refractivity contribution in [2.75, 3.05) is 0 Å². The molecule has 0 bridgehead atoms. The first-order chi connectivity index (χ1) is 17.4. The van der Waals surface area contributed by atoms with Crippen LogP contribution in [0.2, 0.25) is 0 Å². The third-order valence-electron chi connectivity index (χ3n) is 6.55. The van der Waals surface area contributed by atoms with Crippen LogP contribution in [0.15, 0.2) is 121 Å². The van der Waals surface area contributed by atoms with E-state index in [0.29, 0.717) is 5.40 Å². The summed E-state index contributed by atoms with van der Waals surface area (Å²) in [5, 5.41) is 6.61. The Morgan fingerprint density at radius 1 is 0.429 bits per heavy atom. The van der Waals surface area contributed by atoms with E-state index in [4.69, 9.17) is 0 Å². The summed E-state index contributed by atoms with van der Waals surface area (Å²) in [7, 11) is -0.999. The molecule has 0 unspecified atom stereocenters. The predicted molar refractivity (Wildman–Crippen MR) is 160 cm³/mol. The molecule has 0 aliphatic heterocycles. The monoisotopic (exact) mass is 496 g/mol. The fourth-order valence-electron chi connectivity index (χ4n) is 4.82. The molecule has 180 valence electrons. The standard InChI is InChI=1S/C33H38P2/c1-2-3-4-5-6-19-28-33(34(29-20-11-7-12-21-29)30-22-13-8-14-23-30)35(31-24-15-9-16-25-31)32-26-17-10-18-27-32/h7-18,20-27,33H,2-6,19,28H2,1H3. The fraction of sp³-hybridized carbons (Fsp3) is 0.273. The molecule has 0 radical (unpaired) electrons. The maximum absolute atomic E-state index is 2.37. The second-order valence-electron chi connectivity index (χ2n) is 9.12. The molecule has 0 spiro atoms. The topological polar surface area (TPSA) is 0 Å². The van der Waals surface area contributed by atoms with Gasteiger partial charge in [0.1, 0.15) is 0 Å². The Hall–Kier alpha value is -2.26. The van der Waals surface area contributed by atoms with E-state index in [0.717, 1.165) is 0 Å². The molecule has 4 rings (SSSR count). The molecule has 0 saturated carbocycles. The van der Waals surface area contributed by atoms with Crippen molar-refractivity contribution in [1.82, 2.24) is 0 Å². The molecule has 4 aromatic rings. The van der Waals surface area contributed by atoms with Crippen LogP contribution >= 0.6 is 15.8 Å². The number of benzene rings is 4. The van der Waals surface area contributed by atoms with E-state index < -0.39 is 15.8 Å². The zero-order valence-electron chi connectivity index (χ0n) is 21.0. The van der Waals surface area contributed by atoms with Gasteiger partial charge in [-0.2, -0.15) is 0 Å². The summed E-state index contributed by atoms with van der Waals surface area (Å²) < 4.78 is 0. The molecule has 2 heteroatoms. The molecule has 0 aliphatic rings. The molecule has 4 aromatic carbocycles. The van der Waals surface area contributed by atoms with Crippen molar-refractivity contribution < 1.29 is 0 Å². The number of hydrogen-bond acceptors (Lipinski definition) is 0. The molecule has 0 aliphatic carbocycles. The molecule has 0 atom stereocenters. The van der Waals surface area contributed by atoms with Crippen LogP contribution in [0.25, 0.3) is 0 Å². The van der Waals surface area contributed by atoms with E-state index >= 15 is 0 Å². The van der Waals surface area contributed by atoms with Gasteiger partial charge in [-0.05, 0) is 43.5 Å². The van der Waals surface area contributed by atoms with Gasteiger partial charge in [-0.25, -0.2) is 0 Å². The van der Waals surface area contributed by atoms with Crippen LogP contribution in [0, 0.1) is 0 Å². The van der Waals surface area contributed by atoms with Gasteiger partial charge in [0.25, 0.3) is 0 Å². The lowest BCUT2D eigenvalue weighted by Crippen LogP contribution is -2.27. The summed E-state index contributed by atoms with van der Waals surface area (Å²) in [6.07, 6.45) is 9.34. The van der Waals surface area contributed by atoms with E-state index in [1.165, 1.54) is 66.2 Å². The van der Waals surface area contributed by atoms with Gasteiger partial charge in [0.05, 0.1) is 0 Å². The fourth-order valence-corrected chi connectivity index (χ4v) is 12.2. The van der Waals surface area contributed by atoms with E-state index in [2.05, 4.69) is 128 Å². The molecule has 0 fully saturated rings. The van der Waals surface area contributed by atoms with Crippen LogP contribution in [0.3, 0.4) is 0 Å². The Labute approximate surface area is 215 Å². The Morgan fingerprint density at radius 3 is 1.09 bits per heavy atom. The molecular weight excluding hydrogens is 458 g/mol. The summed E-state index contributed by atoms with van der Waals surface area (Å²) in [5.74, 6) is 0. The first kappa shape index (κ1) is 25.8. The maximum atomic E-state index is 2.37. The molecular formula is C33H38P2. The van der Waals surface area contributed by atoms with Crippen LogP contribution in [0.4, 0.5) is 0 Å². The van der Waals surface area contributed by atoms with Crippen LogP contribution in [-0.2, 0) is 0 Å². The van der Waals surface area contributed by atoms with Gasteiger partial charge in [0.2, 0.25) is 0 Å². The van der Waals surface area contributed by atoms with Crippen molar-refractivity contribution in [3.63, 3.8) is 0 Å². The Kier molecular flexibility index (Phi) is 10.6. The average molecular weight is 497 g/mol. The average Bonchev–Trinajstić information content (AvgIpc) is 2.93. The van der Waals surface area contributed by atoms with Gasteiger partial charge in [-0.3, -0.25) is 0 Å². The van der Waals surface area contributed by atoms with Crippen molar-refractivity contribution in [2.24, 2.45) is 0 Å². The third kappa shape index (κ3) is 7.36. The summed E-state index contributed by atoms with van der Waals surface area (Å²) in [6.45, 7) is 2.30. The van der Waals surface area contributed by atoms with Crippen molar-refractivity contribution in [2.45, 2.75) is 57.3 Å². The zero-order valence-corrected chi connectivity index (χ0v) is 22.8. The molecule has 0 saturated heterocycles. The first-order valence-electron chi connectivity index (χ1n) is 13.2. The van der Waals surface area contributed by atoms with Crippen LogP contribution in [-0.4, -0.2) is 5.40 Å². The lowest BCUT2D eigenvalue weighted by atomic mass is 10.1. The second-order valence-corrected chi connectivity index (χ2v) is 14.3. The van der Waals surface area contributed by atoms with Crippen molar-refractivity contribution in [3.05, 3.63) is 121 Å². The summed E-state index contributed by atoms with van der Waals surface area (Å²) in [5.41, 5.74) is 0. The zero-order chi connectivity index (χ0) is 24.1. The van der Waals surface area contributed by atoms with Crippen molar-refractivity contribution in [1.29, 1.82) is 0 Å². The predicted octanol–water partition coefficient (Wildman–Crippen LogP) is 8.33. The molecule has 0 nitrogen and oxygen atoms in total. The highest BCUT2D eigenvalue weighted by Crippen LogP contribution is 2.58. The van der Waals surface area contributed by atoms with Gasteiger partial charge < -0.3 is 0 Å². The van der Waals surface area contributed by atoms with E-state index in [-0.39, 0.29) is 0 Å². The van der Waals surface area contributed by atoms with Crippen LogP contribution in [0.5, 0.6) is 0 Å². The van der Waals surface area contributed by atoms with Crippen LogP contribution < -0.4 is 21.2 Å². The Bertz CT molecular complexity index is 919. The highest BCUT2D eigenvalue weighted by Gasteiger charge is 2.33. The molecule has 35 heavy (non-hydrogen) atoms. The van der Waals surface area contributed by atoms with Crippen molar-refractivity contribution >= 4 is 37.1 Å². The van der Waals surface area contributed by atoms with Crippen molar-refractivity contribution in [3.8, 4) is 0 Å². The van der Waals surface area contributed by atoms with Gasteiger partial charge >= 0.3 is 0 Å². The quantitative estimate of drug-likeness (QED) is 0.129. The highest BCUT2D eigenvalue weighted by molar-refractivity contribution is 7.89. The second kappa shape index (κ2) is 14.3. The van der Waals surface area contributed by atoms with Gasteiger partial charge in [-0.15, -0.1) is 0 Å². The summed E-state index contributed by atoms with van der Waals surface area (Å²) >= 11 is 0. The Morgan fingerprint density at radius 2 is 0.743 bits per heavy atom. The third-order valence-corrected chi connectivity index (χ3v) is 13.1. The van der Waals surface area contributed by atoms with Gasteiger partial charge in [0, 0.05) is 5.40 Å². The van der Waals surface area contributed by atoms with Gasteiger partial charge in [-0.1, -0.05) is 167 Å². The molecule has 0 N–H and O–H groups in total. The summed E-state index contributed by atoms with van der Waals surface area (Å²) in [6, 6.07) is 45.4. The smallest absolute Gasteiger partial charge is 0.0155 e. The maximum Gasteiger partial charge on any atom is 0.0155 e. The Balaban J connectivity index is 1.77. The minimum atomic E-state index is -0.500. The minimum Gasteiger partial charge on any atom is -0.0654 e. The molecule has 0 aromatic heterocycles. The number of hydrogen-bond donors (Lipinski definition) is 0. The van der Waals surface area contributed by atoms with Gasteiger partial charge in [0.15, 0.2) is 0 Å². The number of rotatable bonds is 13. The molecule has 0 amide bonds. The highest BCUT2D eigenvalue weighted by atomic mass is 31.2. The SMILES string of the molecule is CCCCCCCCC(P(c1ccccc1)c1ccccc1)P(c1ccccc1)c1ccccc1. The molecule has 0 heterocycles. The summed E-state index contributed by atoms with van der Waals surface area (Å²) in [4.78, 5) is 0. The van der Waals surface area contributed by atoms with Crippen LogP contribution in [0.1, 0.15) is 51.9 Å².